The van der Waals surface area contributed by atoms with Crippen molar-refractivity contribution in [2.45, 2.75) is 63.7 Å². The summed E-state index contributed by atoms with van der Waals surface area (Å²) in [6, 6.07) is 38.0. The number of nitrogens with zero attached hydrogens (tertiary/aromatic N) is 2. The van der Waals surface area contributed by atoms with E-state index in [1.807, 2.05) is 0 Å². The molecule has 1 aromatic heterocycles. The van der Waals surface area contributed by atoms with Gasteiger partial charge in [-0.25, -0.2) is 0 Å². The molecule has 2 aliphatic heterocycles. The van der Waals surface area contributed by atoms with Gasteiger partial charge in [0, 0.05) is 61.0 Å². The van der Waals surface area contributed by atoms with E-state index >= 15 is 0 Å². The number of hydrogen-bond acceptors (Lipinski definition) is 3. The Bertz CT molecular complexity index is 2470. The molecule has 2 nitrogen and oxygen atoms in total. The molecule has 0 N–H and O–H groups in total. The zero-order valence-corrected chi connectivity index (χ0v) is 32.2. The van der Waals surface area contributed by atoms with Gasteiger partial charge in [0.1, 0.15) is 0 Å². The Morgan fingerprint density at radius 1 is 0.741 bits per heavy atom. The van der Waals surface area contributed by atoms with Crippen LogP contribution in [0.25, 0.3) is 17.7 Å². The number of rotatable bonds is 4. The third kappa shape index (κ3) is 5.12. The third-order valence-electron chi connectivity index (χ3n) is 12.8. The molecular weight excluding hydrogens is 673 g/mol. The summed E-state index contributed by atoms with van der Waals surface area (Å²) in [5, 5.41) is 0. The third-order valence-corrected chi connectivity index (χ3v) is 14.3. The Labute approximate surface area is 324 Å². The first-order chi connectivity index (χ1) is 26.3. The number of para-hydroxylation sites is 3. The molecule has 266 valence electrons. The Balaban J connectivity index is 1.03. The van der Waals surface area contributed by atoms with E-state index in [2.05, 4.69) is 194 Å². The van der Waals surface area contributed by atoms with Crippen molar-refractivity contribution in [1.82, 2.24) is 0 Å². The summed E-state index contributed by atoms with van der Waals surface area (Å²) in [6.45, 7) is 11.9. The maximum atomic E-state index is 4.71. The van der Waals surface area contributed by atoms with Crippen molar-refractivity contribution in [3.05, 3.63) is 195 Å². The number of fused-ring (bicyclic) bond motifs is 7. The van der Waals surface area contributed by atoms with E-state index in [9.17, 15) is 0 Å². The maximum absolute atomic E-state index is 4.71. The van der Waals surface area contributed by atoms with E-state index in [0.717, 1.165) is 36.9 Å². The maximum Gasteiger partial charge on any atom is 0.0530 e. The van der Waals surface area contributed by atoms with Crippen LogP contribution >= 0.6 is 11.3 Å². The van der Waals surface area contributed by atoms with Gasteiger partial charge in [-0.2, -0.15) is 0 Å². The van der Waals surface area contributed by atoms with Crippen molar-refractivity contribution in [1.29, 1.82) is 0 Å². The fourth-order valence-corrected chi connectivity index (χ4v) is 11.2. The monoisotopic (exact) mass is 718 g/mol. The second-order valence-corrected chi connectivity index (χ2v) is 17.4. The number of allylic oxidation sites excluding steroid dienone is 8. The normalized spacial score (nSPS) is 25.7. The Morgan fingerprint density at radius 3 is 2.26 bits per heavy atom. The van der Waals surface area contributed by atoms with E-state index in [0.29, 0.717) is 11.8 Å². The number of thiophene rings is 1. The van der Waals surface area contributed by atoms with Crippen LogP contribution in [0.5, 0.6) is 0 Å². The lowest BCUT2D eigenvalue weighted by atomic mass is 9.68. The molecule has 0 spiro atoms. The van der Waals surface area contributed by atoms with E-state index in [-0.39, 0.29) is 10.8 Å². The highest BCUT2D eigenvalue weighted by molar-refractivity contribution is 7.12. The van der Waals surface area contributed by atoms with Crippen LogP contribution in [0.4, 0.5) is 22.7 Å². The first-order valence-electron chi connectivity index (χ1n) is 19.6. The average Bonchev–Trinajstić information content (AvgIpc) is 3.72. The van der Waals surface area contributed by atoms with Crippen molar-refractivity contribution in [2.75, 3.05) is 9.80 Å². The van der Waals surface area contributed by atoms with Crippen LogP contribution in [0.1, 0.15) is 95.9 Å². The highest BCUT2D eigenvalue weighted by Gasteiger charge is 2.46. The fraction of sp³-hybridized carbons (Fsp3) is 0.216. The summed E-state index contributed by atoms with van der Waals surface area (Å²) >= 11 is 2.05. The van der Waals surface area contributed by atoms with E-state index in [1.165, 1.54) is 61.0 Å². The fourth-order valence-electron chi connectivity index (χ4n) is 9.73. The number of anilines is 4. The molecule has 5 aliphatic rings. The predicted molar refractivity (Wildman–Crippen MR) is 231 cm³/mol. The highest BCUT2D eigenvalue weighted by atomic mass is 32.1. The molecule has 4 aromatic carbocycles. The zero-order chi connectivity index (χ0) is 36.6. The molecule has 54 heavy (non-hydrogen) atoms. The van der Waals surface area contributed by atoms with Crippen LogP contribution in [0.15, 0.2) is 158 Å². The van der Waals surface area contributed by atoms with Crippen molar-refractivity contribution >= 4 is 51.8 Å². The lowest BCUT2D eigenvalue weighted by Gasteiger charge is -2.39. The lowest BCUT2D eigenvalue weighted by Crippen LogP contribution is -2.31. The Kier molecular flexibility index (Phi) is 7.75. The summed E-state index contributed by atoms with van der Waals surface area (Å²) in [4.78, 5) is 7.97. The van der Waals surface area contributed by atoms with Crippen molar-refractivity contribution in [2.24, 2.45) is 5.41 Å². The van der Waals surface area contributed by atoms with Gasteiger partial charge in [0.25, 0.3) is 0 Å². The van der Waals surface area contributed by atoms with Crippen LogP contribution in [-0.4, -0.2) is 0 Å². The predicted octanol–water partition coefficient (Wildman–Crippen LogP) is 14.2. The zero-order valence-electron chi connectivity index (χ0n) is 31.4. The quantitative estimate of drug-likeness (QED) is 0.183. The van der Waals surface area contributed by atoms with Gasteiger partial charge in [-0.15, -0.1) is 11.3 Å². The van der Waals surface area contributed by atoms with Crippen LogP contribution in [0.2, 0.25) is 0 Å². The summed E-state index contributed by atoms with van der Waals surface area (Å²) in [7, 11) is 0. The molecule has 0 amide bonds. The second kappa shape index (κ2) is 12.6. The molecule has 10 rings (SSSR count). The molecule has 0 radical (unpaired) electrons. The molecule has 0 bridgehead atoms. The van der Waals surface area contributed by atoms with Gasteiger partial charge in [-0.1, -0.05) is 124 Å². The van der Waals surface area contributed by atoms with Gasteiger partial charge in [0.05, 0.1) is 5.69 Å². The molecular formula is C51H46N2S. The van der Waals surface area contributed by atoms with Crippen LogP contribution in [0.3, 0.4) is 0 Å². The van der Waals surface area contributed by atoms with Gasteiger partial charge in [0.2, 0.25) is 0 Å². The van der Waals surface area contributed by atoms with Gasteiger partial charge >= 0.3 is 0 Å². The Hall–Kier alpha value is -5.38. The summed E-state index contributed by atoms with van der Waals surface area (Å²) < 4.78 is 0. The first-order valence-corrected chi connectivity index (χ1v) is 20.4. The lowest BCUT2D eigenvalue weighted by molar-refractivity contribution is 0.508. The first kappa shape index (κ1) is 33.2. The van der Waals surface area contributed by atoms with Crippen LogP contribution in [0, 0.1) is 5.41 Å². The molecule has 3 aliphatic carbocycles. The molecule has 5 aromatic rings. The van der Waals surface area contributed by atoms with Gasteiger partial charge in [-0.05, 0) is 114 Å². The van der Waals surface area contributed by atoms with E-state index in [4.69, 9.17) is 6.58 Å². The minimum atomic E-state index is -0.255. The largest absolute Gasteiger partial charge is 0.317 e. The van der Waals surface area contributed by atoms with E-state index < -0.39 is 0 Å². The summed E-state index contributed by atoms with van der Waals surface area (Å²) in [6.07, 6.45) is 23.2. The van der Waals surface area contributed by atoms with Crippen LogP contribution in [-0.2, 0) is 5.41 Å². The molecule has 0 saturated heterocycles. The highest BCUT2D eigenvalue weighted by Crippen LogP contribution is 2.57. The molecule has 4 atom stereocenters. The molecule has 3 heterocycles. The van der Waals surface area contributed by atoms with Crippen molar-refractivity contribution in [3.8, 4) is 0 Å². The molecule has 0 fully saturated rings. The Morgan fingerprint density at radius 2 is 1.44 bits per heavy atom. The minimum Gasteiger partial charge on any atom is -0.317 e. The SMILES string of the molecule is C=C1CC(C)(C2=CCC3(C)C(=C2)N(c2ccc(C4CC=Cc5c4sc4c5C=CCC4C)cc2)c2ccccc23)/C=C\N(c2ccccc2)c2ccccc21. The topological polar surface area (TPSA) is 6.48 Å². The number of hydrogen-bond donors (Lipinski definition) is 0. The summed E-state index contributed by atoms with van der Waals surface area (Å²) in [5.74, 6) is 0.996. The standard InChI is InChI=1S/C51H46N2S/c1-34-14-12-19-42-43-20-13-18-41(49(43)54-48(34)42)36-24-26-39(27-25-36)53-46-23-11-9-21-44(46)51(4)29-28-37(32-47(51)53)50(3)30-31-52(38-15-6-5-7-16-38)45-22-10-8-17-40(45)35(2)33-50/h5-13,15-17,19-28,30-32,34,41H,2,14,18,29,33H2,1,3-4H3/b31-30-. The number of benzene rings is 4. The van der Waals surface area contributed by atoms with E-state index in [1.54, 1.807) is 4.88 Å². The van der Waals surface area contributed by atoms with Crippen molar-refractivity contribution < 1.29 is 0 Å². The molecule has 3 heteroatoms. The van der Waals surface area contributed by atoms with Gasteiger partial charge in [-0.3, -0.25) is 0 Å². The van der Waals surface area contributed by atoms with Gasteiger partial charge < -0.3 is 9.80 Å². The molecule has 4 unspecified atom stereocenters. The summed E-state index contributed by atoms with van der Waals surface area (Å²) in [5.41, 5.74) is 15.2. The van der Waals surface area contributed by atoms with Crippen LogP contribution < -0.4 is 9.80 Å². The smallest absolute Gasteiger partial charge is 0.0530 e. The van der Waals surface area contributed by atoms with Crippen molar-refractivity contribution in [3.63, 3.8) is 0 Å². The second-order valence-electron chi connectivity index (χ2n) is 16.3. The molecule has 0 saturated carbocycles. The van der Waals surface area contributed by atoms with Gasteiger partial charge in [0.15, 0.2) is 0 Å². The minimum absolute atomic E-state index is 0.122. The average molecular weight is 719 g/mol.